The van der Waals surface area contributed by atoms with Crippen molar-refractivity contribution >= 4 is 29.0 Å². The fraction of sp³-hybridized carbons (Fsp3) is 0.529. The molecule has 0 aromatic carbocycles. The number of nitrogens with zero attached hydrogens (tertiary/aromatic N) is 3. The maximum atomic E-state index is 11.6. The van der Waals surface area contributed by atoms with Gasteiger partial charge in [-0.15, -0.1) is 0 Å². The van der Waals surface area contributed by atoms with Crippen molar-refractivity contribution in [1.29, 1.82) is 0 Å². The monoisotopic (exact) mass is 330 g/mol. The zero-order valence-electron chi connectivity index (χ0n) is 14.0. The number of imidazole rings is 1. The van der Waals surface area contributed by atoms with E-state index in [2.05, 4.69) is 20.0 Å². The zero-order chi connectivity index (χ0) is 17.1. The molecule has 3 rings (SSSR count). The normalized spacial score (nSPS) is 15.4. The van der Waals surface area contributed by atoms with Crippen molar-refractivity contribution in [1.82, 2.24) is 14.5 Å². The first-order chi connectivity index (χ1) is 11.6. The molecule has 1 saturated carbocycles. The molecule has 7 heteroatoms. The second-order valence-electron chi connectivity index (χ2n) is 6.26. The van der Waals surface area contributed by atoms with E-state index >= 15 is 0 Å². The highest BCUT2D eigenvalue weighted by molar-refractivity contribution is 5.94. The van der Waals surface area contributed by atoms with Gasteiger partial charge in [0.05, 0.1) is 7.11 Å². The third-order valence-corrected chi connectivity index (χ3v) is 4.52. The van der Waals surface area contributed by atoms with Crippen molar-refractivity contribution in [2.45, 2.75) is 45.6 Å². The predicted octanol–water partition coefficient (Wildman–Crippen LogP) is 3.39. The molecule has 0 spiro atoms. The summed E-state index contributed by atoms with van der Waals surface area (Å²) in [5.41, 5.74) is 1.68. The summed E-state index contributed by atoms with van der Waals surface area (Å²) >= 11 is 0. The van der Waals surface area contributed by atoms with Crippen LogP contribution < -0.4 is 5.32 Å². The van der Waals surface area contributed by atoms with Gasteiger partial charge < -0.3 is 4.74 Å². The number of ketones is 1. The van der Waals surface area contributed by atoms with Gasteiger partial charge in [0.1, 0.15) is 11.2 Å². The summed E-state index contributed by atoms with van der Waals surface area (Å²) in [6.45, 7) is 2.22. The predicted molar refractivity (Wildman–Crippen MR) is 90.1 cm³/mol. The number of carbonyl (C=O) groups excluding carboxylic acids is 2. The Morgan fingerprint density at radius 3 is 2.67 bits per heavy atom. The van der Waals surface area contributed by atoms with Crippen LogP contribution in [0.15, 0.2) is 12.1 Å². The Kier molecular flexibility index (Phi) is 4.78. The standard InChI is InChI=1S/C17H22N4O3/c1-11(22)13-8-9-14-15(18-13)21(10-12-6-4-3-5-7-12)16(19-14)20-17(23)24-2/h8-9,12H,3-7,10H2,1-2H3,(H,19,20,23). The Labute approximate surface area is 140 Å². The Hall–Kier alpha value is -2.44. The van der Waals surface area contributed by atoms with Crippen LogP contribution >= 0.6 is 0 Å². The van der Waals surface area contributed by atoms with Crippen LogP contribution in [0, 0.1) is 5.92 Å². The maximum absolute atomic E-state index is 11.6. The lowest BCUT2D eigenvalue weighted by molar-refractivity contribution is 0.101. The summed E-state index contributed by atoms with van der Waals surface area (Å²) in [5, 5.41) is 2.65. The molecule has 0 radical (unpaired) electrons. The second-order valence-corrected chi connectivity index (χ2v) is 6.26. The number of methoxy groups -OCH3 is 1. The van der Waals surface area contributed by atoms with Crippen LogP contribution in [0.3, 0.4) is 0 Å². The smallest absolute Gasteiger partial charge is 0.413 e. The fourth-order valence-corrected chi connectivity index (χ4v) is 3.24. The number of aromatic nitrogens is 3. The summed E-state index contributed by atoms with van der Waals surface area (Å²) in [4.78, 5) is 32.2. The minimum Gasteiger partial charge on any atom is -0.453 e. The van der Waals surface area contributed by atoms with Gasteiger partial charge in [0, 0.05) is 13.5 Å². The molecule has 0 aliphatic heterocycles. The fourth-order valence-electron chi connectivity index (χ4n) is 3.24. The summed E-state index contributed by atoms with van der Waals surface area (Å²) in [6, 6.07) is 3.42. The van der Waals surface area contributed by atoms with Crippen LogP contribution in [0.5, 0.6) is 0 Å². The number of anilines is 1. The molecule has 1 fully saturated rings. The first-order valence-electron chi connectivity index (χ1n) is 8.31. The molecule has 1 amide bonds. The molecular weight excluding hydrogens is 308 g/mol. The Morgan fingerprint density at radius 2 is 2.00 bits per heavy atom. The number of Topliss-reactive ketones (excluding diaryl/α,β-unsaturated/α-hetero) is 1. The maximum Gasteiger partial charge on any atom is 0.413 e. The first-order valence-corrected chi connectivity index (χ1v) is 8.31. The number of rotatable bonds is 4. The van der Waals surface area contributed by atoms with E-state index in [1.807, 2.05) is 4.57 Å². The highest BCUT2D eigenvalue weighted by Gasteiger charge is 2.20. The van der Waals surface area contributed by atoms with Crippen molar-refractivity contribution in [2.75, 3.05) is 12.4 Å². The number of amides is 1. The van der Waals surface area contributed by atoms with Crippen molar-refractivity contribution in [3.05, 3.63) is 17.8 Å². The SMILES string of the molecule is COC(=O)Nc1nc2ccc(C(C)=O)nc2n1CC1CCCCC1. The van der Waals surface area contributed by atoms with Crippen LogP contribution in [0.2, 0.25) is 0 Å². The van der Waals surface area contributed by atoms with Crippen LogP contribution in [-0.2, 0) is 11.3 Å². The van der Waals surface area contributed by atoms with Gasteiger partial charge >= 0.3 is 6.09 Å². The number of ether oxygens (including phenoxy) is 1. The molecule has 24 heavy (non-hydrogen) atoms. The third kappa shape index (κ3) is 3.39. The summed E-state index contributed by atoms with van der Waals surface area (Å²) in [5.74, 6) is 0.845. The molecule has 2 heterocycles. The second kappa shape index (κ2) is 6.98. The highest BCUT2D eigenvalue weighted by atomic mass is 16.5. The van der Waals surface area contributed by atoms with Gasteiger partial charge in [0.25, 0.3) is 0 Å². The number of hydrogen-bond donors (Lipinski definition) is 1. The molecule has 2 aromatic heterocycles. The minimum atomic E-state index is -0.568. The average molecular weight is 330 g/mol. The Bertz CT molecular complexity index is 763. The summed E-state index contributed by atoms with van der Waals surface area (Å²) < 4.78 is 6.58. The zero-order valence-corrected chi connectivity index (χ0v) is 14.0. The Morgan fingerprint density at radius 1 is 1.25 bits per heavy atom. The molecule has 1 N–H and O–H groups in total. The van der Waals surface area contributed by atoms with Gasteiger partial charge in [-0.25, -0.2) is 14.8 Å². The Balaban J connectivity index is 2.01. The molecule has 2 aromatic rings. The van der Waals surface area contributed by atoms with E-state index < -0.39 is 6.09 Å². The van der Waals surface area contributed by atoms with E-state index in [1.165, 1.54) is 33.3 Å². The molecule has 0 atom stereocenters. The van der Waals surface area contributed by atoms with Crippen molar-refractivity contribution in [3.63, 3.8) is 0 Å². The molecular formula is C17H22N4O3. The van der Waals surface area contributed by atoms with E-state index in [1.54, 1.807) is 12.1 Å². The van der Waals surface area contributed by atoms with E-state index in [0.29, 0.717) is 28.7 Å². The lowest BCUT2D eigenvalue weighted by Crippen LogP contribution is -2.19. The lowest BCUT2D eigenvalue weighted by atomic mass is 9.89. The third-order valence-electron chi connectivity index (χ3n) is 4.52. The van der Waals surface area contributed by atoms with Gasteiger partial charge in [0.2, 0.25) is 5.95 Å². The lowest BCUT2D eigenvalue weighted by Gasteiger charge is -2.22. The van der Waals surface area contributed by atoms with Gasteiger partial charge in [-0.05, 0) is 30.9 Å². The quantitative estimate of drug-likeness (QED) is 0.868. The molecule has 128 valence electrons. The number of pyridine rings is 1. The van der Waals surface area contributed by atoms with Gasteiger partial charge in [-0.1, -0.05) is 19.3 Å². The summed E-state index contributed by atoms with van der Waals surface area (Å²) in [6.07, 6.45) is 5.48. The highest BCUT2D eigenvalue weighted by Crippen LogP contribution is 2.28. The van der Waals surface area contributed by atoms with Gasteiger partial charge in [-0.2, -0.15) is 0 Å². The van der Waals surface area contributed by atoms with Crippen molar-refractivity contribution < 1.29 is 14.3 Å². The molecule has 0 saturated heterocycles. The van der Waals surface area contributed by atoms with E-state index in [0.717, 1.165) is 19.4 Å². The first kappa shape index (κ1) is 16.4. The summed E-state index contributed by atoms with van der Waals surface area (Å²) in [7, 11) is 1.32. The van der Waals surface area contributed by atoms with Crippen LogP contribution in [0.25, 0.3) is 11.2 Å². The van der Waals surface area contributed by atoms with Gasteiger partial charge in [-0.3, -0.25) is 14.7 Å². The molecule has 1 aliphatic rings. The number of fused-ring (bicyclic) bond motifs is 1. The molecule has 7 nitrogen and oxygen atoms in total. The largest absolute Gasteiger partial charge is 0.453 e. The number of nitrogens with one attached hydrogen (secondary N) is 1. The minimum absolute atomic E-state index is 0.0928. The van der Waals surface area contributed by atoms with E-state index in [4.69, 9.17) is 0 Å². The molecule has 1 aliphatic carbocycles. The number of carbonyl (C=O) groups is 2. The van der Waals surface area contributed by atoms with Crippen LogP contribution in [0.4, 0.5) is 10.7 Å². The van der Waals surface area contributed by atoms with Gasteiger partial charge in [0.15, 0.2) is 11.4 Å². The van der Waals surface area contributed by atoms with Crippen LogP contribution in [0.1, 0.15) is 49.5 Å². The van der Waals surface area contributed by atoms with E-state index in [9.17, 15) is 9.59 Å². The van der Waals surface area contributed by atoms with Crippen molar-refractivity contribution in [3.8, 4) is 0 Å². The topological polar surface area (TPSA) is 86.1 Å². The number of hydrogen-bond acceptors (Lipinski definition) is 5. The van der Waals surface area contributed by atoms with E-state index in [-0.39, 0.29) is 5.78 Å². The molecule has 0 bridgehead atoms. The van der Waals surface area contributed by atoms with Crippen molar-refractivity contribution in [2.24, 2.45) is 5.92 Å². The van der Waals surface area contributed by atoms with Crippen LogP contribution in [-0.4, -0.2) is 33.5 Å². The average Bonchev–Trinajstić information content (AvgIpc) is 2.92. The molecule has 0 unspecified atom stereocenters.